The molecule has 14 heavy (non-hydrogen) atoms. The van der Waals surface area contributed by atoms with Gasteiger partial charge in [0.25, 0.3) is 0 Å². The average Bonchev–Trinajstić information content (AvgIpc) is 2.11. The van der Waals surface area contributed by atoms with Crippen molar-refractivity contribution in [2.45, 2.75) is 24.8 Å². The summed E-state index contributed by atoms with van der Waals surface area (Å²) < 4.78 is 13.8. The Balaban J connectivity index is 2.49. The van der Waals surface area contributed by atoms with Gasteiger partial charge in [-0.3, -0.25) is 0 Å². The summed E-state index contributed by atoms with van der Waals surface area (Å²) in [6, 6.07) is 3.46. The van der Waals surface area contributed by atoms with E-state index in [0.717, 1.165) is 24.8 Å². The Morgan fingerprint density at radius 3 is 2.57 bits per heavy atom. The first-order valence-corrected chi connectivity index (χ1v) is 5.64. The molecule has 2 N–H and O–H groups in total. The molecule has 0 heterocycles. The van der Waals surface area contributed by atoms with E-state index in [1.165, 1.54) is 0 Å². The third-order valence-electron chi connectivity index (χ3n) is 2.82. The van der Waals surface area contributed by atoms with Gasteiger partial charge in [0.2, 0.25) is 0 Å². The van der Waals surface area contributed by atoms with Gasteiger partial charge in [-0.1, -0.05) is 17.7 Å². The van der Waals surface area contributed by atoms with Crippen molar-refractivity contribution in [3.05, 3.63) is 33.0 Å². The van der Waals surface area contributed by atoms with Crippen molar-refractivity contribution < 1.29 is 4.39 Å². The van der Waals surface area contributed by atoms with Gasteiger partial charge in [-0.25, -0.2) is 4.39 Å². The van der Waals surface area contributed by atoms with Crippen LogP contribution < -0.4 is 5.73 Å². The molecule has 1 aliphatic carbocycles. The SMILES string of the molecule is NC1(c2ccc(Br)c(F)c2Cl)CCC1. The summed E-state index contributed by atoms with van der Waals surface area (Å²) in [5.74, 6) is -0.416. The monoisotopic (exact) mass is 277 g/mol. The molecular weight excluding hydrogens is 268 g/mol. The Kier molecular flexibility index (Phi) is 2.58. The summed E-state index contributed by atoms with van der Waals surface area (Å²) in [6.45, 7) is 0. The van der Waals surface area contributed by atoms with E-state index in [0.29, 0.717) is 4.47 Å². The molecule has 1 nitrogen and oxygen atoms in total. The van der Waals surface area contributed by atoms with Gasteiger partial charge in [-0.05, 0) is 46.8 Å². The smallest absolute Gasteiger partial charge is 0.156 e. The molecular formula is C10H10BrClFN. The van der Waals surface area contributed by atoms with Crippen LogP contribution in [0, 0.1) is 5.82 Å². The van der Waals surface area contributed by atoms with Gasteiger partial charge < -0.3 is 5.73 Å². The van der Waals surface area contributed by atoms with Gasteiger partial charge in [-0.2, -0.15) is 0 Å². The van der Waals surface area contributed by atoms with Crippen molar-refractivity contribution in [3.63, 3.8) is 0 Å². The van der Waals surface area contributed by atoms with E-state index < -0.39 is 11.4 Å². The summed E-state index contributed by atoms with van der Waals surface area (Å²) in [6.07, 6.45) is 2.85. The number of hydrogen-bond donors (Lipinski definition) is 1. The van der Waals surface area contributed by atoms with Crippen molar-refractivity contribution in [3.8, 4) is 0 Å². The van der Waals surface area contributed by atoms with Gasteiger partial charge in [0.05, 0.1) is 9.50 Å². The molecule has 0 unspecified atom stereocenters. The third-order valence-corrected chi connectivity index (χ3v) is 3.80. The van der Waals surface area contributed by atoms with Crippen LogP contribution in [0.5, 0.6) is 0 Å². The summed E-state index contributed by atoms with van der Waals surface area (Å²) in [5.41, 5.74) is 6.40. The zero-order valence-corrected chi connectivity index (χ0v) is 9.83. The minimum atomic E-state index is -0.416. The number of halogens is 3. The molecule has 0 saturated heterocycles. The van der Waals surface area contributed by atoms with Gasteiger partial charge in [-0.15, -0.1) is 0 Å². The topological polar surface area (TPSA) is 26.0 Å². The first-order chi connectivity index (χ1) is 6.54. The lowest BCUT2D eigenvalue weighted by molar-refractivity contribution is 0.253. The zero-order valence-electron chi connectivity index (χ0n) is 7.49. The van der Waals surface area contributed by atoms with Crippen LogP contribution in [0.3, 0.4) is 0 Å². The van der Waals surface area contributed by atoms with Gasteiger partial charge >= 0.3 is 0 Å². The molecule has 76 valence electrons. The maximum Gasteiger partial charge on any atom is 0.156 e. The lowest BCUT2D eigenvalue weighted by Gasteiger charge is -2.39. The number of rotatable bonds is 1. The molecule has 0 amide bonds. The highest BCUT2D eigenvalue weighted by Crippen LogP contribution is 2.43. The second-order valence-electron chi connectivity index (χ2n) is 3.73. The summed E-state index contributed by atoms with van der Waals surface area (Å²) in [5, 5.41) is 0.154. The van der Waals surface area contributed by atoms with Crippen LogP contribution in [0.4, 0.5) is 4.39 Å². The molecule has 4 heteroatoms. The van der Waals surface area contributed by atoms with Gasteiger partial charge in [0.15, 0.2) is 5.82 Å². The van der Waals surface area contributed by atoms with Crippen LogP contribution in [0.15, 0.2) is 16.6 Å². The Hall–Kier alpha value is -0.120. The maximum atomic E-state index is 13.4. The Morgan fingerprint density at radius 1 is 1.43 bits per heavy atom. The second kappa shape index (κ2) is 3.47. The van der Waals surface area contributed by atoms with Crippen LogP contribution in [0.25, 0.3) is 0 Å². The molecule has 0 spiro atoms. The van der Waals surface area contributed by atoms with Crippen LogP contribution in [-0.4, -0.2) is 0 Å². The molecule has 1 fully saturated rings. The standard InChI is InChI=1S/C10H10BrClFN/c11-7-3-2-6(8(12)9(7)13)10(14)4-1-5-10/h2-3H,1,4-5,14H2. The highest BCUT2D eigenvalue weighted by atomic mass is 79.9. The first kappa shape index (κ1) is 10.4. The van der Waals surface area contributed by atoms with E-state index in [2.05, 4.69) is 15.9 Å². The second-order valence-corrected chi connectivity index (χ2v) is 4.96. The minimum Gasteiger partial charge on any atom is -0.321 e. The molecule has 1 aliphatic rings. The fourth-order valence-corrected chi connectivity index (χ4v) is 2.53. The van der Waals surface area contributed by atoms with E-state index >= 15 is 0 Å². The molecule has 0 atom stereocenters. The molecule has 0 radical (unpaired) electrons. The molecule has 0 aromatic heterocycles. The normalized spacial score (nSPS) is 19.1. The fraction of sp³-hybridized carbons (Fsp3) is 0.400. The first-order valence-electron chi connectivity index (χ1n) is 4.47. The molecule has 1 aromatic rings. The third kappa shape index (κ3) is 1.47. The van der Waals surface area contributed by atoms with E-state index in [1.54, 1.807) is 12.1 Å². The number of nitrogens with two attached hydrogens (primary N) is 1. The van der Waals surface area contributed by atoms with Crippen molar-refractivity contribution in [2.75, 3.05) is 0 Å². The lowest BCUT2D eigenvalue weighted by atomic mass is 9.73. The highest BCUT2D eigenvalue weighted by Gasteiger charge is 2.36. The van der Waals surface area contributed by atoms with Gasteiger partial charge in [0, 0.05) is 5.54 Å². The number of hydrogen-bond acceptors (Lipinski definition) is 1. The van der Waals surface area contributed by atoms with E-state index in [9.17, 15) is 4.39 Å². The van der Waals surface area contributed by atoms with Crippen LogP contribution >= 0.6 is 27.5 Å². The molecule has 0 bridgehead atoms. The van der Waals surface area contributed by atoms with Crippen molar-refractivity contribution in [1.29, 1.82) is 0 Å². The highest BCUT2D eigenvalue weighted by molar-refractivity contribution is 9.10. The van der Waals surface area contributed by atoms with E-state index in [-0.39, 0.29) is 5.02 Å². The molecule has 1 aromatic carbocycles. The quantitative estimate of drug-likeness (QED) is 0.781. The summed E-state index contributed by atoms with van der Waals surface area (Å²) >= 11 is 9.00. The van der Waals surface area contributed by atoms with E-state index in [4.69, 9.17) is 17.3 Å². The van der Waals surface area contributed by atoms with Crippen molar-refractivity contribution in [1.82, 2.24) is 0 Å². The molecule has 0 aliphatic heterocycles. The predicted molar refractivity (Wildman–Crippen MR) is 58.8 cm³/mol. The van der Waals surface area contributed by atoms with E-state index in [1.807, 2.05) is 0 Å². The van der Waals surface area contributed by atoms with Gasteiger partial charge in [0.1, 0.15) is 0 Å². The summed E-state index contributed by atoms with van der Waals surface area (Å²) in [4.78, 5) is 0. The Bertz CT molecular complexity index is 377. The lowest BCUT2D eigenvalue weighted by Crippen LogP contribution is -2.43. The fourth-order valence-electron chi connectivity index (χ4n) is 1.74. The van der Waals surface area contributed by atoms with Crippen LogP contribution in [0.2, 0.25) is 5.02 Å². The zero-order chi connectivity index (χ0) is 10.3. The Labute approximate surface area is 95.6 Å². The largest absolute Gasteiger partial charge is 0.321 e. The van der Waals surface area contributed by atoms with Crippen LogP contribution in [-0.2, 0) is 5.54 Å². The van der Waals surface area contributed by atoms with Crippen molar-refractivity contribution in [2.24, 2.45) is 5.73 Å². The predicted octanol–water partition coefficient (Wildman–Crippen LogP) is 3.58. The maximum absolute atomic E-state index is 13.4. The molecule has 2 rings (SSSR count). The summed E-state index contributed by atoms with van der Waals surface area (Å²) in [7, 11) is 0. The van der Waals surface area contributed by atoms with Crippen LogP contribution in [0.1, 0.15) is 24.8 Å². The Morgan fingerprint density at radius 2 is 2.07 bits per heavy atom. The minimum absolute atomic E-state index is 0.154. The number of benzene rings is 1. The molecule has 1 saturated carbocycles. The van der Waals surface area contributed by atoms with Crippen molar-refractivity contribution >= 4 is 27.5 Å². The average molecular weight is 279 g/mol.